The number of sulfonamides is 1. The molecule has 0 saturated carbocycles. The smallest absolute Gasteiger partial charge is 0.312 e. The predicted octanol–water partition coefficient (Wildman–Crippen LogP) is 4.33. The molecule has 1 saturated heterocycles. The number of hydrogen-bond donors (Lipinski definition) is 0. The number of hydrogen-bond acceptors (Lipinski definition) is 6. The molecule has 1 fully saturated rings. The molecule has 0 aromatic heterocycles. The minimum absolute atomic E-state index is 0.0505. The molecule has 0 amide bonds. The Balaban J connectivity index is 1.94. The Morgan fingerprint density at radius 3 is 2.23 bits per heavy atom. The predicted molar refractivity (Wildman–Crippen MR) is 119 cm³/mol. The zero-order chi connectivity index (χ0) is 22.6. The van der Waals surface area contributed by atoms with Gasteiger partial charge in [-0.05, 0) is 37.5 Å². The fourth-order valence-corrected chi connectivity index (χ4v) is 6.81. The Kier molecular flexibility index (Phi) is 7.50. The first-order valence-corrected chi connectivity index (χ1v) is 13.2. The van der Waals surface area contributed by atoms with Crippen LogP contribution >= 0.6 is 7.60 Å². The van der Waals surface area contributed by atoms with Gasteiger partial charge in [-0.2, -0.15) is 4.31 Å². The maximum absolute atomic E-state index is 13.6. The summed E-state index contributed by atoms with van der Waals surface area (Å²) in [6, 6.07) is 15.2. The number of carbonyl (C=O) groups is 1. The summed E-state index contributed by atoms with van der Waals surface area (Å²) in [5.41, 5.74) is 1.84. The zero-order valence-electron chi connectivity index (χ0n) is 17.9. The molecule has 2 aromatic rings. The lowest BCUT2D eigenvalue weighted by Gasteiger charge is -2.30. The van der Waals surface area contributed by atoms with Gasteiger partial charge in [-0.1, -0.05) is 48.0 Å². The fourth-order valence-electron chi connectivity index (χ4n) is 3.98. The highest BCUT2D eigenvalue weighted by atomic mass is 32.2. The van der Waals surface area contributed by atoms with Crippen LogP contribution in [0.3, 0.4) is 0 Å². The molecular weight excluding hydrogens is 437 g/mol. The van der Waals surface area contributed by atoms with Gasteiger partial charge in [0.2, 0.25) is 10.0 Å². The molecule has 1 aliphatic heterocycles. The van der Waals surface area contributed by atoms with Crippen LogP contribution in [0.5, 0.6) is 0 Å². The number of ketones is 1. The molecule has 168 valence electrons. The monoisotopic (exact) mass is 465 g/mol. The summed E-state index contributed by atoms with van der Waals surface area (Å²) >= 11 is 0. The summed E-state index contributed by atoms with van der Waals surface area (Å²) in [4.78, 5) is 12.9. The van der Waals surface area contributed by atoms with Gasteiger partial charge in [0.15, 0.2) is 0 Å². The molecule has 0 radical (unpaired) electrons. The van der Waals surface area contributed by atoms with E-state index in [-0.39, 0.29) is 29.3 Å². The molecule has 0 bridgehead atoms. The molecule has 2 aromatic carbocycles. The van der Waals surface area contributed by atoms with Gasteiger partial charge < -0.3 is 9.05 Å². The van der Waals surface area contributed by atoms with Crippen LogP contribution in [0, 0.1) is 6.92 Å². The molecule has 3 rings (SSSR count). The second-order valence-electron chi connectivity index (χ2n) is 7.68. The van der Waals surface area contributed by atoms with Gasteiger partial charge in [0.05, 0.1) is 10.9 Å². The molecule has 1 unspecified atom stereocenters. The van der Waals surface area contributed by atoms with Crippen molar-refractivity contribution in [1.82, 2.24) is 4.31 Å². The number of nitrogens with zero attached hydrogens (tertiary/aromatic N) is 1. The lowest BCUT2D eigenvalue weighted by atomic mass is 10.1. The maximum atomic E-state index is 13.6. The molecule has 0 N–H and O–H groups in total. The zero-order valence-corrected chi connectivity index (χ0v) is 19.6. The van der Waals surface area contributed by atoms with Gasteiger partial charge in [-0.3, -0.25) is 9.36 Å². The normalized spacial score (nSPS) is 20.1. The Morgan fingerprint density at radius 2 is 1.65 bits per heavy atom. The van der Waals surface area contributed by atoms with Crippen LogP contribution < -0.4 is 0 Å². The van der Waals surface area contributed by atoms with Crippen LogP contribution in [0.15, 0.2) is 59.5 Å². The first-order chi connectivity index (χ1) is 14.7. The average Bonchev–Trinajstić information content (AvgIpc) is 3.18. The molecule has 1 heterocycles. The highest BCUT2D eigenvalue weighted by Gasteiger charge is 2.44. The Bertz CT molecular complexity index is 1050. The summed E-state index contributed by atoms with van der Waals surface area (Å²) in [6.07, 6.45) is 0.690. The van der Waals surface area contributed by atoms with E-state index < -0.39 is 23.7 Å². The summed E-state index contributed by atoms with van der Waals surface area (Å²) in [5, 5.41) is 0. The number of carbonyl (C=O) groups excluding carboxylic acids is 1. The number of rotatable bonds is 9. The van der Waals surface area contributed by atoms with Crippen molar-refractivity contribution in [2.75, 3.05) is 20.4 Å². The second kappa shape index (κ2) is 9.76. The largest absolute Gasteiger partial charge is 0.337 e. The average molecular weight is 466 g/mol. The van der Waals surface area contributed by atoms with Gasteiger partial charge in [-0.15, -0.1) is 0 Å². The quantitative estimate of drug-likeness (QED) is 0.512. The van der Waals surface area contributed by atoms with Crippen molar-refractivity contribution >= 4 is 23.4 Å². The highest BCUT2D eigenvalue weighted by Crippen LogP contribution is 2.47. The number of Topliss-reactive ketones (excluding diaryl/α,β-unsaturated/α-hetero) is 1. The van der Waals surface area contributed by atoms with Crippen molar-refractivity contribution in [3.05, 3.63) is 65.7 Å². The number of aryl methyl sites for hydroxylation is 1. The van der Waals surface area contributed by atoms with Gasteiger partial charge in [0.25, 0.3) is 0 Å². The van der Waals surface area contributed by atoms with Gasteiger partial charge in [0, 0.05) is 26.7 Å². The van der Waals surface area contributed by atoms with Crippen LogP contribution in [-0.4, -0.2) is 44.9 Å². The molecule has 2 atom stereocenters. The van der Waals surface area contributed by atoms with Crippen molar-refractivity contribution in [2.24, 2.45) is 0 Å². The highest BCUT2D eigenvalue weighted by molar-refractivity contribution is 7.89. The van der Waals surface area contributed by atoms with Crippen molar-refractivity contribution in [1.29, 1.82) is 0 Å². The topological polar surface area (TPSA) is 90.0 Å². The Hall–Kier alpha value is -1.83. The third kappa shape index (κ3) is 5.33. The maximum Gasteiger partial charge on any atom is 0.337 e. The first-order valence-electron chi connectivity index (χ1n) is 10.1. The fraction of sp³-hybridized carbons (Fsp3) is 0.409. The van der Waals surface area contributed by atoms with E-state index in [1.165, 1.54) is 18.5 Å². The van der Waals surface area contributed by atoms with Gasteiger partial charge in [-0.25, -0.2) is 8.42 Å². The van der Waals surface area contributed by atoms with Crippen LogP contribution in [0.2, 0.25) is 0 Å². The van der Waals surface area contributed by atoms with E-state index in [1.807, 2.05) is 37.3 Å². The van der Waals surface area contributed by atoms with Crippen LogP contribution in [0.4, 0.5) is 0 Å². The van der Waals surface area contributed by atoms with Crippen molar-refractivity contribution in [3.8, 4) is 0 Å². The summed E-state index contributed by atoms with van der Waals surface area (Å²) in [7, 11) is -4.90. The van der Waals surface area contributed by atoms with Crippen molar-refractivity contribution < 1.29 is 26.8 Å². The summed E-state index contributed by atoms with van der Waals surface area (Å²) in [5.74, 6) is -0.352. The third-order valence-corrected chi connectivity index (χ3v) is 9.44. The van der Waals surface area contributed by atoms with E-state index in [4.69, 9.17) is 9.05 Å². The molecule has 7 nitrogen and oxygen atoms in total. The third-order valence-electron chi connectivity index (χ3n) is 5.61. The minimum atomic E-state index is -3.85. The van der Waals surface area contributed by atoms with Crippen LogP contribution in [-0.2, 0) is 28.4 Å². The van der Waals surface area contributed by atoms with Crippen molar-refractivity contribution in [2.45, 2.75) is 43.2 Å². The molecule has 0 aliphatic carbocycles. The van der Waals surface area contributed by atoms with Gasteiger partial charge in [0.1, 0.15) is 11.9 Å². The van der Waals surface area contributed by atoms with E-state index in [1.54, 1.807) is 24.3 Å². The van der Waals surface area contributed by atoms with E-state index in [0.717, 1.165) is 11.1 Å². The molecule has 31 heavy (non-hydrogen) atoms. The van der Waals surface area contributed by atoms with Crippen LogP contribution in [0.25, 0.3) is 0 Å². The Morgan fingerprint density at radius 1 is 1.03 bits per heavy atom. The van der Waals surface area contributed by atoms with E-state index >= 15 is 0 Å². The molecule has 9 heteroatoms. The minimum Gasteiger partial charge on any atom is -0.312 e. The molecular formula is C22H28NO6PS. The van der Waals surface area contributed by atoms with E-state index in [0.29, 0.717) is 12.8 Å². The summed E-state index contributed by atoms with van der Waals surface area (Å²) < 4.78 is 50.8. The standard InChI is InChI=1S/C22H28NO6PS/c1-17-9-12-21(13-10-17)31(26,27)23-19(15-20(24)16-30(25,28-2)29-3)11-14-22(23)18-7-5-4-6-8-18/h4-10,12-13,19,22H,11,14-16H2,1-3H3/t19?,22-/m1/s1. The van der Waals surface area contributed by atoms with Crippen molar-refractivity contribution in [3.63, 3.8) is 0 Å². The SMILES string of the molecule is COP(=O)(CC(=O)CC1CC[C@H](c2ccccc2)N1S(=O)(=O)c1ccc(C)cc1)OC. The van der Waals surface area contributed by atoms with E-state index in [9.17, 15) is 17.8 Å². The number of benzene rings is 2. The molecule has 0 spiro atoms. The lowest BCUT2D eigenvalue weighted by Crippen LogP contribution is -2.38. The first kappa shape index (κ1) is 23.8. The Labute approximate surface area is 184 Å². The summed E-state index contributed by atoms with van der Waals surface area (Å²) in [6.45, 7) is 1.89. The second-order valence-corrected chi connectivity index (χ2v) is 11.8. The van der Waals surface area contributed by atoms with E-state index in [2.05, 4.69) is 0 Å². The molecule has 1 aliphatic rings. The van der Waals surface area contributed by atoms with Crippen LogP contribution in [0.1, 0.15) is 36.4 Å². The van der Waals surface area contributed by atoms with Gasteiger partial charge >= 0.3 is 7.60 Å². The lowest BCUT2D eigenvalue weighted by molar-refractivity contribution is -0.117.